The molecule has 1 aromatic rings. The van der Waals surface area contributed by atoms with Gasteiger partial charge in [0.1, 0.15) is 5.60 Å². The lowest BCUT2D eigenvalue weighted by Crippen LogP contribution is -2.46. The fourth-order valence-corrected chi connectivity index (χ4v) is 3.24. The van der Waals surface area contributed by atoms with Crippen molar-refractivity contribution in [3.05, 3.63) is 11.4 Å². The normalized spacial score (nSPS) is 20.0. The highest BCUT2D eigenvalue weighted by molar-refractivity contribution is 5.68. The first-order chi connectivity index (χ1) is 11.1. The van der Waals surface area contributed by atoms with E-state index in [0.717, 1.165) is 43.0 Å². The lowest BCUT2D eigenvalue weighted by molar-refractivity contribution is 0.0159. The molecule has 0 spiro atoms. The molecule has 0 aliphatic carbocycles. The van der Waals surface area contributed by atoms with Crippen LogP contribution in [0.5, 0.6) is 0 Å². The lowest BCUT2D eigenvalue weighted by atomic mass is 9.91. The first-order valence-corrected chi connectivity index (χ1v) is 8.83. The van der Waals surface area contributed by atoms with Gasteiger partial charge in [0, 0.05) is 26.2 Å². The third kappa shape index (κ3) is 4.42. The van der Waals surface area contributed by atoms with E-state index in [1.165, 1.54) is 0 Å². The van der Waals surface area contributed by atoms with Crippen molar-refractivity contribution in [1.29, 1.82) is 0 Å². The fraction of sp³-hybridized carbons (Fsp3) is 0.778. The van der Waals surface area contributed by atoms with Crippen LogP contribution in [0.2, 0.25) is 0 Å². The van der Waals surface area contributed by atoms with Crippen LogP contribution in [0, 0.1) is 19.8 Å². The summed E-state index contributed by atoms with van der Waals surface area (Å²) in [6, 6.07) is 0.275. The lowest BCUT2D eigenvalue weighted by Gasteiger charge is -2.37. The number of carbonyl (C=O) groups excluding carboxylic acids is 1. The maximum absolute atomic E-state index is 12.3. The van der Waals surface area contributed by atoms with E-state index < -0.39 is 5.60 Å². The van der Waals surface area contributed by atoms with Crippen LogP contribution in [0.15, 0.2) is 0 Å². The van der Waals surface area contributed by atoms with Gasteiger partial charge in [0.2, 0.25) is 0 Å². The van der Waals surface area contributed by atoms with Crippen molar-refractivity contribution in [2.45, 2.75) is 66.0 Å². The van der Waals surface area contributed by atoms with Crippen molar-refractivity contribution in [1.82, 2.24) is 14.7 Å². The molecule has 6 nitrogen and oxygen atoms in total. The smallest absolute Gasteiger partial charge is 0.410 e. The molecular formula is C18H32N4O2. The summed E-state index contributed by atoms with van der Waals surface area (Å²) in [5, 5.41) is 8.08. The predicted molar refractivity (Wildman–Crippen MR) is 96.3 cm³/mol. The topological polar surface area (TPSA) is 59.4 Å². The number of ether oxygens (including phenoxy) is 1. The summed E-state index contributed by atoms with van der Waals surface area (Å²) in [4.78, 5) is 14.2. The molecule has 0 aromatic carbocycles. The Morgan fingerprint density at radius 3 is 2.58 bits per heavy atom. The van der Waals surface area contributed by atoms with Gasteiger partial charge in [-0.2, -0.15) is 5.10 Å². The third-order valence-electron chi connectivity index (χ3n) is 4.70. The first-order valence-electron chi connectivity index (χ1n) is 8.83. The first kappa shape index (κ1) is 18.6. The van der Waals surface area contributed by atoms with Crippen LogP contribution in [0.1, 0.15) is 51.9 Å². The van der Waals surface area contributed by atoms with Crippen LogP contribution < -0.4 is 5.32 Å². The second-order valence-electron chi connectivity index (χ2n) is 7.93. The Hall–Kier alpha value is -1.72. The second kappa shape index (κ2) is 7.03. The molecule has 2 rings (SSSR count). The molecule has 1 aromatic heterocycles. The van der Waals surface area contributed by atoms with E-state index in [4.69, 9.17) is 4.74 Å². The van der Waals surface area contributed by atoms with Gasteiger partial charge in [-0.25, -0.2) is 4.79 Å². The van der Waals surface area contributed by atoms with Crippen molar-refractivity contribution in [2.24, 2.45) is 13.0 Å². The predicted octanol–water partition coefficient (Wildman–Crippen LogP) is 3.48. The molecule has 1 aliphatic heterocycles. The number of piperidine rings is 1. The number of nitrogens with zero attached hydrogens (tertiary/aromatic N) is 3. The number of rotatable bonds is 3. The quantitative estimate of drug-likeness (QED) is 0.918. The zero-order valence-corrected chi connectivity index (χ0v) is 16.1. The molecule has 1 saturated heterocycles. The average Bonchev–Trinajstić information content (AvgIpc) is 2.72. The SMILES string of the molecule is Cc1nn(C)c(C)c1NC(C)C1CCCN(C(=O)OC(C)(C)C)C1. The number of hydrogen-bond donors (Lipinski definition) is 1. The second-order valence-corrected chi connectivity index (χ2v) is 7.93. The summed E-state index contributed by atoms with van der Waals surface area (Å²) < 4.78 is 7.42. The standard InChI is InChI=1S/C18H32N4O2/c1-12(19-16-13(2)20-21(7)14(16)3)15-9-8-10-22(11-15)17(23)24-18(4,5)6/h12,15,19H,8-11H2,1-7H3. The monoisotopic (exact) mass is 336 g/mol. The molecule has 6 heteroatoms. The molecule has 0 bridgehead atoms. The minimum atomic E-state index is -0.447. The highest BCUT2D eigenvalue weighted by Crippen LogP contribution is 2.26. The Kier molecular flexibility index (Phi) is 5.45. The van der Waals surface area contributed by atoms with Gasteiger partial charge in [-0.05, 0) is 60.3 Å². The van der Waals surface area contributed by atoms with Crippen molar-refractivity contribution in [2.75, 3.05) is 18.4 Å². The van der Waals surface area contributed by atoms with E-state index in [-0.39, 0.29) is 12.1 Å². The van der Waals surface area contributed by atoms with Crippen molar-refractivity contribution in [3.8, 4) is 0 Å². The molecule has 1 amide bonds. The minimum Gasteiger partial charge on any atom is -0.444 e. The largest absolute Gasteiger partial charge is 0.444 e. The molecule has 1 aliphatic rings. The number of amides is 1. The molecule has 2 heterocycles. The number of hydrogen-bond acceptors (Lipinski definition) is 4. The van der Waals surface area contributed by atoms with E-state index in [0.29, 0.717) is 5.92 Å². The maximum atomic E-state index is 12.3. The summed E-state index contributed by atoms with van der Waals surface area (Å²) in [6.07, 6.45) is 1.93. The molecule has 24 heavy (non-hydrogen) atoms. The number of anilines is 1. The average molecular weight is 336 g/mol. The zero-order chi connectivity index (χ0) is 18.1. The molecule has 0 saturated carbocycles. The van der Waals surface area contributed by atoms with Crippen LogP contribution in [-0.2, 0) is 11.8 Å². The highest BCUT2D eigenvalue weighted by Gasteiger charge is 2.30. The van der Waals surface area contributed by atoms with Gasteiger partial charge >= 0.3 is 6.09 Å². The molecule has 1 N–H and O–H groups in total. The highest BCUT2D eigenvalue weighted by atomic mass is 16.6. The Morgan fingerprint density at radius 1 is 1.38 bits per heavy atom. The third-order valence-corrected chi connectivity index (χ3v) is 4.70. The maximum Gasteiger partial charge on any atom is 0.410 e. The van der Waals surface area contributed by atoms with E-state index in [2.05, 4.69) is 24.3 Å². The summed E-state index contributed by atoms with van der Waals surface area (Å²) in [7, 11) is 1.96. The van der Waals surface area contributed by atoms with Gasteiger partial charge in [-0.15, -0.1) is 0 Å². The van der Waals surface area contributed by atoms with Gasteiger partial charge in [-0.1, -0.05) is 0 Å². The number of aromatic nitrogens is 2. The van der Waals surface area contributed by atoms with Gasteiger partial charge in [0.05, 0.1) is 17.1 Å². The van der Waals surface area contributed by atoms with Crippen LogP contribution in [-0.4, -0.2) is 45.5 Å². The van der Waals surface area contributed by atoms with E-state index in [9.17, 15) is 4.79 Å². The summed E-state index contributed by atoms with van der Waals surface area (Å²) in [5.74, 6) is 0.408. The van der Waals surface area contributed by atoms with Crippen molar-refractivity contribution in [3.63, 3.8) is 0 Å². The Morgan fingerprint density at radius 2 is 2.04 bits per heavy atom. The summed E-state index contributed by atoms with van der Waals surface area (Å²) >= 11 is 0. The van der Waals surface area contributed by atoms with Crippen LogP contribution in [0.4, 0.5) is 10.5 Å². The molecule has 0 radical (unpaired) electrons. The minimum absolute atomic E-state index is 0.201. The number of carbonyl (C=O) groups is 1. The molecule has 2 atom stereocenters. The van der Waals surface area contributed by atoms with Crippen molar-refractivity contribution >= 4 is 11.8 Å². The van der Waals surface area contributed by atoms with Crippen LogP contribution in [0.3, 0.4) is 0 Å². The van der Waals surface area contributed by atoms with Crippen LogP contribution in [0.25, 0.3) is 0 Å². The van der Waals surface area contributed by atoms with E-state index in [1.807, 2.05) is 44.3 Å². The van der Waals surface area contributed by atoms with Crippen LogP contribution >= 0.6 is 0 Å². The Labute approximate surface area is 145 Å². The van der Waals surface area contributed by atoms with Crippen molar-refractivity contribution < 1.29 is 9.53 Å². The summed E-state index contributed by atoms with van der Waals surface area (Å²) in [6.45, 7) is 13.5. The van der Waals surface area contributed by atoms with E-state index in [1.54, 1.807) is 0 Å². The number of likely N-dealkylation sites (tertiary alicyclic amines) is 1. The fourth-order valence-electron chi connectivity index (χ4n) is 3.24. The van der Waals surface area contributed by atoms with Gasteiger partial charge in [0.25, 0.3) is 0 Å². The Bertz CT molecular complexity index is 589. The van der Waals surface area contributed by atoms with Gasteiger partial charge in [0.15, 0.2) is 0 Å². The van der Waals surface area contributed by atoms with Gasteiger partial charge < -0.3 is 15.0 Å². The number of aryl methyl sites for hydroxylation is 2. The summed E-state index contributed by atoms with van der Waals surface area (Å²) in [5.41, 5.74) is 2.82. The van der Waals surface area contributed by atoms with Gasteiger partial charge in [-0.3, -0.25) is 4.68 Å². The number of nitrogens with one attached hydrogen (secondary N) is 1. The Balaban J connectivity index is 1.99. The molecule has 1 fully saturated rings. The molecular weight excluding hydrogens is 304 g/mol. The molecule has 2 unspecified atom stereocenters. The molecule has 136 valence electrons. The zero-order valence-electron chi connectivity index (χ0n) is 16.1. The van der Waals surface area contributed by atoms with E-state index >= 15 is 0 Å².